The van der Waals surface area contributed by atoms with E-state index < -0.39 is 100.0 Å². The third-order valence-corrected chi connectivity index (χ3v) is 8.37. The number of ketones is 1. The molecule has 4 rings (SSSR count). The lowest BCUT2D eigenvalue weighted by Gasteiger charge is -2.48. The number of β-lactam (4-membered cyclic amide) rings is 1. The molecular weight excluding hydrogens is 680 g/mol. The number of carbonyl (C=O) groups is 8. The molecule has 3 unspecified atom stereocenters. The number of hydrogen-bond donors (Lipinski definition) is 6. The average molecular weight is 710 g/mol. The first-order valence-corrected chi connectivity index (χ1v) is 15.5. The minimum absolute atomic E-state index is 0.122. The number of rotatable bonds is 11. The number of alkyl carbamates (subject to hydrolysis) is 1. The molecule has 1 aromatic carbocycles. The zero-order valence-electron chi connectivity index (χ0n) is 25.3. The molecule has 2 saturated heterocycles. The number of likely N-dealkylation sites (tertiary alicyclic amines) is 1. The van der Waals surface area contributed by atoms with Gasteiger partial charge in [-0.1, -0.05) is 34.9 Å². The number of nitrogens with one attached hydrogen (secondary N) is 5. The van der Waals surface area contributed by atoms with Crippen molar-refractivity contribution in [1.29, 1.82) is 0 Å². The van der Waals surface area contributed by atoms with Gasteiger partial charge in [0, 0.05) is 18.8 Å². The summed E-state index contributed by atoms with van der Waals surface area (Å²) in [7, 11) is -5.04. The Balaban J connectivity index is 1.67. The second-order valence-corrected chi connectivity index (χ2v) is 11.8. The summed E-state index contributed by atoms with van der Waals surface area (Å²) in [5, 5.41) is 16.1. The Bertz CT molecular complexity index is 1720. The van der Waals surface area contributed by atoms with Crippen LogP contribution in [0, 0.1) is 0 Å². The molecule has 3 aliphatic heterocycles. The van der Waals surface area contributed by atoms with Gasteiger partial charge in [-0.25, -0.2) is 28.3 Å². The lowest BCUT2D eigenvalue weighted by Crippen LogP contribution is -2.90. The Morgan fingerprint density at radius 2 is 1.88 bits per heavy atom. The fourth-order valence-corrected chi connectivity index (χ4v) is 5.68. The standard InChI is InChI=1S/C26H28N8O14S/c1-14(29-13-35)48-26(43)47-12-17-20(30-25(42)46-11-15-5-3-2-4-6-15)22(39)34(17,31-21(38)16-9-18(36)19(37)10-28-16)24(41)32-49(44,45)33-8-7-27-23(33)40/h2-6,9-10,13-14,17,19-20,37H,7-8,11-12H2,1H3,(H4-,27,29,30,31,32,35,38,40,41,42)/p+1/t14?,17?,19?,20-,34-/m0/s1. The summed E-state index contributed by atoms with van der Waals surface area (Å²) in [4.78, 5) is 104. The molecule has 0 spiro atoms. The molecule has 49 heavy (non-hydrogen) atoms. The van der Waals surface area contributed by atoms with Crippen LogP contribution in [-0.2, 0) is 50.2 Å². The zero-order chi connectivity index (χ0) is 35.9. The number of benzene rings is 1. The van der Waals surface area contributed by atoms with E-state index in [0.717, 1.165) is 0 Å². The van der Waals surface area contributed by atoms with Crippen molar-refractivity contribution in [2.45, 2.75) is 37.9 Å². The molecular formula is C26H29N8O14S+. The second-order valence-electron chi connectivity index (χ2n) is 10.2. The largest absolute Gasteiger partial charge is 0.510 e. The molecule has 8 amide bonds. The summed E-state index contributed by atoms with van der Waals surface area (Å²) in [6, 6.07) is 1.65. The molecule has 5 atom stereocenters. The van der Waals surface area contributed by atoms with E-state index in [1.807, 2.05) is 5.43 Å². The number of imide groups is 1. The van der Waals surface area contributed by atoms with Gasteiger partial charge in [0.2, 0.25) is 12.5 Å². The molecule has 0 saturated carbocycles. The van der Waals surface area contributed by atoms with E-state index in [-0.39, 0.29) is 23.9 Å². The van der Waals surface area contributed by atoms with Gasteiger partial charge in [-0.3, -0.25) is 19.4 Å². The van der Waals surface area contributed by atoms with Crippen LogP contribution >= 0.6 is 0 Å². The Morgan fingerprint density at radius 1 is 1.16 bits per heavy atom. The number of nitrogens with zero attached hydrogens (tertiary/aromatic N) is 3. The average Bonchev–Trinajstić information content (AvgIpc) is 3.50. The minimum atomic E-state index is -5.04. The highest BCUT2D eigenvalue weighted by molar-refractivity contribution is 7.88. The van der Waals surface area contributed by atoms with Crippen LogP contribution in [-0.4, -0.2) is 121 Å². The van der Waals surface area contributed by atoms with Gasteiger partial charge in [-0.15, -0.1) is 0 Å². The van der Waals surface area contributed by atoms with Gasteiger partial charge in [0.1, 0.15) is 12.3 Å². The van der Waals surface area contributed by atoms with Crippen molar-refractivity contribution in [1.82, 2.24) is 30.4 Å². The van der Waals surface area contributed by atoms with Crippen LogP contribution in [0.3, 0.4) is 0 Å². The summed E-state index contributed by atoms with van der Waals surface area (Å²) >= 11 is 0. The smallest absolute Gasteiger partial charge is 0.445 e. The van der Waals surface area contributed by atoms with Crippen molar-refractivity contribution in [2.75, 3.05) is 19.7 Å². The number of amides is 8. The number of aliphatic imine (C=N–C) groups is 1. The third kappa shape index (κ3) is 7.96. The zero-order valence-corrected chi connectivity index (χ0v) is 26.1. The van der Waals surface area contributed by atoms with Crippen molar-refractivity contribution >= 4 is 64.7 Å². The lowest BCUT2D eigenvalue weighted by molar-refractivity contribution is -0.868. The molecule has 2 fully saturated rings. The highest BCUT2D eigenvalue weighted by atomic mass is 32.2. The maximum Gasteiger partial charge on any atom is 0.510 e. The molecule has 23 heteroatoms. The molecule has 1 aromatic rings. The first-order valence-electron chi connectivity index (χ1n) is 14.1. The van der Waals surface area contributed by atoms with Crippen LogP contribution in [0.25, 0.3) is 0 Å². The molecule has 0 aliphatic carbocycles. The quantitative estimate of drug-likeness (QED) is 0.0444. The van der Waals surface area contributed by atoms with Crippen LogP contribution in [0.2, 0.25) is 0 Å². The van der Waals surface area contributed by atoms with Crippen molar-refractivity contribution in [3.8, 4) is 0 Å². The number of aliphatic hydroxyl groups is 1. The number of hydrogen-bond acceptors (Lipinski definition) is 15. The Kier molecular flexibility index (Phi) is 10.9. The monoisotopic (exact) mass is 709 g/mol. The summed E-state index contributed by atoms with van der Waals surface area (Å²) in [5.41, 5.74) is 1.77. The molecule has 0 radical (unpaired) electrons. The number of urea groups is 2. The predicted molar refractivity (Wildman–Crippen MR) is 157 cm³/mol. The van der Waals surface area contributed by atoms with Gasteiger partial charge in [-0.05, 0) is 12.5 Å². The van der Waals surface area contributed by atoms with Gasteiger partial charge in [-0.2, -0.15) is 18.6 Å². The van der Waals surface area contributed by atoms with Crippen LogP contribution in [0.15, 0.2) is 47.1 Å². The number of carbonyl (C=O) groups excluding carboxylic acids is 8. The van der Waals surface area contributed by atoms with Crippen molar-refractivity contribution in [3.63, 3.8) is 0 Å². The maximum absolute atomic E-state index is 13.8. The molecule has 0 aromatic heterocycles. The third-order valence-electron chi connectivity index (χ3n) is 7.01. The Morgan fingerprint density at radius 3 is 2.51 bits per heavy atom. The molecule has 3 aliphatic rings. The molecule has 6 N–H and O–H groups in total. The van der Waals surface area contributed by atoms with Crippen molar-refractivity contribution in [3.05, 3.63) is 47.7 Å². The molecule has 3 heterocycles. The number of ether oxygens (including phenoxy) is 3. The summed E-state index contributed by atoms with van der Waals surface area (Å²) in [5.74, 6) is -3.85. The normalized spacial score (nSPS) is 23.6. The predicted octanol–water partition coefficient (Wildman–Crippen LogP) is -2.84. The fraction of sp³-hybridized carbons (Fsp3) is 0.346. The Labute approximate surface area is 276 Å². The van der Waals surface area contributed by atoms with Gasteiger partial charge < -0.3 is 35.3 Å². The van der Waals surface area contributed by atoms with Crippen LogP contribution < -0.4 is 26.1 Å². The summed E-state index contributed by atoms with van der Waals surface area (Å²) in [6.07, 6.45) is -4.17. The van der Waals surface area contributed by atoms with E-state index in [1.165, 1.54) is 11.6 Å². The van der Waals surface area contributed by atoms with E-state index >= 15 is 0 Å². The summed E-state index contributed by atoms with van der Waals surface area (Å²) < 4.78 is 40.6. The highest BCUT2D eigenvalue weighted by Crippen LogP contribution is 2.31. The topological polar surface area (TPSA) is 294 Å². The fourth-order valence-electron chi connectivity index (χ4n) is 4.59. The molecule has 0 bridgehead atoms. The lowest BCUT2D eigenvalue weighted by atomic mass is 9.94. The van der Waals surface area contributed by atoms with Crippen LogP contribution in [0.4, 0.5) is 19.2 Å². The molecule has 22 nitrogen and oxygen atoms in total. The molecule has 262 valence electrons. The van der Waals surface area contributed by atoms with Crippen molar-refractivity contribution < 1.29 is 70.7 Å². The Hall–Kier alpha value is -5.94. The summed E-state index contributed by atoms with van der Waals surface area (Å²) in [6.45, 7) is -0.638. The van der Waals surface area contributed by atoms with Crippen LogP contribution in [0.1, 0.15) is 12.5 Å². The van der Waals surface area contributed by atoms with E-state index in [9.17, 15) is 51.9 Å². The van der Waals surface area contributed by atoms with E-state index in [2.05, 4.69) is 20.9 Å². The maximum atomic E-state index is 13.8. The first kappa shape index (κ1) is 35.9. The first-order chi connectivity index (χ1) is 23.2. The van der Waals surface area contributed by atoms with E-state index in [4.69, 9.17) is 14.2 Å². The van der Waals surface area contributed by atoms with E-state index in [0.29, 0.717) is 17.9 Å². The van der Waals surface area contributed by atoms with Gasteiger partial charge in [0.15, 0.2) is 30.8 Å². The van der Waals surface area contributed by atoms with Crippen molar-refractivity contribution in [2.24, 2.45) is 4.99 Å². The number of quaternary nitrogens is 1. The SMILES string of the molecule is CC(NC=O)OC(=O)OCC1[C@H](NC(=O)OCc2ccccc2)C(=O)[N@+]1(NC(=O)C1=CC(=O)C(O)C=N1)C(=O)NS(=O)(=O)N1CCNC1=O. The second kappa shape index (κ2) is 14.9. The van der Waals surface area contributed by atoms with Crippen LogP contribution in [0.5, 0.6) is 0 Å². The number of aliphatic hydroxyl groups excluding tert-OH is 1. The minimum Gasteiger partial charge on any atom is -0.445 e. The van der Waals surface area contributed by atoms with Gasteiger partial charge in [0.05, 0.1) is 6.54 Å². The highest BCUT2D eigenvalue weighted by Gasteiger charge is 2.72. The van der Waals surface area contributed by atoms with Gasteiger partial charge in [0.25, 0.3) is 0 Å². The van der Waals surface area contributed by atoms with E-state index in [1.54, 1.807) is 30.3 Å². The van der Waals surface area contributed by atoms with Gasteiger partial charge >= 0.3 is 46.3 Å².